The van der Waals surface area contributed by atoms with Gasteiger partial charge in [-0.05, 0) is 77.9 Å². The largest absolute Gasteiger partial charge is 0.382 e. The molecule has 1 N–H and O–H groups in total. The highest BCUT2D eigenvalue weighted by atomic mass is 16.2. The van der Waals surface area contributed by atoms with Crippen molar-refractivity contribution < 1.29 is 4.79 Å². The van der Waals surface area contributed by atoms with Crippen LogP contribution in [0.15, 0.2) is 83.5 Å². The molecule has 0 aromatic heterocycles. The Morgan fingerprint density at radius 3 is 2.72 bits per heavy atom. The molecule has 0 radical (unpaired) electrons. The van der Waals surface area contributed by atoms with Crippen molar-refractivity contribution in [2.45, 2.75) is 38.8 Å². The van der Waals surface area contributed by atoms with E-state index in [9.17, 15) is 4.79 Å². The first-order valence-electron chi connectivity index (χ1n) is 13.0. The molecule has 3 aliphatic rings. The second-order valence-corrected chi connectivity index (χ2v) is 10.1. The van der Waals surface area contributed by atoms with Crippen LogP contribution in [0.3, 0.4) is 0 Å². The molecule has 0 saturated heterocycles. The molecule has 0 fully saturated rings. The van der Waals surface area contributed by atoms with Crippen LogP contribution in [0.1, 0.15) is 41.3 Å². The van der Waals surface area contributed by atoms with Crippen molar-refractivity contribution in [2.75, 3.05) is 29.9 Å². The van der Waals surface area contributed by atoms with E-state index in [0.717, 1.165) is 43.6 Å². The van der Waals surface area contributed by atoms with E-state index in [4.69, 9.17) is 0 Å². The van der Waals surface area contributed by atoms with Crippen LogP contribution in [0.25, 0.3) is 11.1 Å². The molecule has 3 aromatic rings. The molecule has 0 spiro atoms. The van der Waals surface area contributed by atoms with Crippen molar-refractivity contribution in [3.63, 3.8) is 0 Å². The second-order valence-electron chi connectivity index (χ2n) is 10.1. The van der Waals surface area contributed by atoms with Gasteiger partial charge in [0.1, 0.15) is 0 Å². The number of benzene rings is 3. The molecule has 3 aromatic carbocycles. The van der Waals surface area contributed by atoms with Gasteiger partial charge in [-0.2, -0.15) is 0 Å². The number of anilines is 2. The van der Waals surface area contributed by atoms with E-state index in [-0.39, 0.29) is 5.91 Å². The van der Waals surface area contributed by atoms with Crippen LogP contribution < -0.4 is 10.2 Å². The number of hydrogen-bond acceptors (Lipinski definition) is 4. The summed E-state index contributed by atoms with van der Waals surface area (Å²) in [5.74, 6) is 0.109. The maximum atomic E-state index is 13.8. The molecule has 182 valence electrons. The van der Waals surface area contributed by atoms with Crippen LogP contribution in [-0.2, 0) is 13.0 Å². The smallest absolute Gasteiger partial charge is 0.254 e. The number of nitrogens with one attached hydrogen (secondary N) is 1. The first-order chi connectivity index (χ1) is 17.6. The lowest BCUT2D eigenvalue weighted by molar-refractivity contribution is 0.0751. The van der Waals surface area contributed by atoms with E-state index in [1.54, 1.807) is 0 Å². The van der Waals surface area contributed by atoms with Gasteiger partial charge in [-0.3, -0.25) is 9.79 Å². The summed E-state index contributed by atoms with van der Waals surface area (Å²) in [6.07, 6.45) is 6.96. The first kappa shape index (κ1) is 22.6. The summed E-state index contributed by atoms with van der Waals surface area (Å²) in [7, 11) is 0. The number of aliphatic imine (C=N–C) groups is 1. The molecule has 0 bridgehead atoms. The standard InChI is InChI=1S/C31H32N4O/c1-22-7-8-26-18-27(9-11-29(26)33-22)31(36)35-16-15-34(20-23-13-14-32-19-23)30-12-10-25(17-28(30)21-35)24-5-3-2-4-6-24/h2-6,9-12,14,17-19,22,33H,7-8,13,15-16,20-21H2,1H3. The van der Waals surface area contributed by atoms with Gasteiger partial charge in [-0.25, -0.2) is 0 Å². The Balaban J connectivity index is 1.32. The van der Waals surface area contributed by atoms with Gasteiger partial charge in [0, 0.05) is 68.0 Å². The van der Waals surface area contributed by atoms with Crippen molar-refractivity contribution >= 4 is 23.5 Å². The minimum Gasteiger partial charge on any atom is -0.382 e. The number of aryl methyl sites for hydroxylation is 1. The third-order valence-electron chi connectivity index (χ3n) is 7.53. The first-order valence-corrected chi connectivity index (χ1v) is 13.0. The fourth-order valence-corrected chi connectivity index (χ4v) is 5.51. The summed E-state index contributed by atoms with van der Waals surface area (Å²) < 4.78 is 0. The van der Waals surface area contributed by atoms with Crippen LogP contribution in [0.5, 0.6) is 0 Å². The summed E-state index contributed by atoms with van der Waals surface area (Å²) in [6.45, 7) is 5.13. The molecule has 1 atom stereocenters. The van der Waals surface area contributed by atoms with Gasteiger partial charge in [-0.1, -0.05) is 36.4 Å². The Bertz CT molecular complexity index is 1340. The SMILES string of the molecule is CC1CCc2cc(C(=O)N3CCN(CC4=CN=CC4)c4ccc(-c5ccccc5)cc4C3)ccc2N1. The minimum atomic E-state index is 0.109. The molecule has 0 saturated carbocycles. The molecule has 5 nitrogen and oxygen atoms in total. The van der Waals surface area contributed by atoms with Crippen LogP contribution in [0, 0.1) is 0 Å². The molecule has 36 heavy (non-hydrogen) atoms. The van der Waals surface area contributed by atoms with Gasteiger partial charge in [0.15, 0.2) is 0 Å². The van der Waals surface area contributed by atoms with E-state index in [0.29, 0.717) is 19.1 Å². The summed E-state index contributed by atoms with van der Waals surface area (Å²) in [4.78, 5) is 22.5. The van der Waals surface area contributed by atoms with Gasteiger partial charge in [0.25, 0.3) is 5.91 Å². The number of rotatable bonds is 4. The van der Waals surface area contributed by atoms with Crippen LogP contribution in [-0.4, -0.2) is 42.7 Å². The van der Waals surface area contributed by atoms with Crippen LogP contribution in [0.2, 0.25) is 0 Å². The lowest BCUT2D eigenvalue weighted by Gasteiger charge is -2.26. The van der Waals surface area contributed by atoms with Crippen LogP contribution >= 0.6 is 0 Å². The Hall–Kier alpha value is -3.86. The maximum Gasteiger partial charge on any atom is 0.254 e. The molecular weight excluding hydrogens is 444 g/mol. The quantitative estimate of drug-likeness (QED) is 0.508. The summed E-state index contributed by atoms with van der Waals surface area (Å²) in [6, 6.07) is 23.8. The third kappa shape index (κ3) is 4.53. The maximum absolute atomic E-state index is 13.8. The average Bonchev–Trinajstić information content (AvgIpc) is 3.36. The predicted octanol–water partition coefficient (Wildman–Crippen LogP) is 5.92. The number of carbonyl (C=O) groups is 1. The second kappa shape index (κ2) is 9.65. The summed E-state index contributed by atoms with van der Waals surface area (Å²) >= 11 is 0. The third-order valence-corrected chi connectivity index (χ3v) is 7.53. The monoisotopic (exact) mass is 476 g/mol. The number of nitrogens with zero attached hydrogens (tertiary/aromatic N) is 3. The number of fused-ring (bicyclic) bond motifs is 2. The van der Waals surface area contributed by atoms with Gasteiger partial charge in [0.2, 0.25) is 0 Å². The molecule has 1 amide bonds. The average molecular weight is 477 g/mol. The van der Waals surface area contributed by atoms with Crippen molar-refractivity contribution in [1.29, 1.82) is 0 Å². The molecule has 1 unspecified atom stereocenters. The Morgan fingerprint density at radius 1 is 1.00 bits per heavy atom. The highest BCUT2D eigenvalue weighted by Crippen LogP contribution is 2.32. The Labute approximate surface area is 213 Å². The normalized spacial score (nSPS) is 18.7. The van der Waals surface area contributed by atoms with Crippen LogP contribution in [0.4, 0.5) is 11.4 Å². The van der Waals surface area contributed by atoms with Crippen molar-refractivity contribution in [1.82, 2.24) is 4.90 Å². The van der Waals surface area contributed by atoms with Gasteiger partial charge < -0.3 is 15.1 Å². The van der Waals surface area contributed by atoms with E-state index >= 15 is 0 Å². The molecule has 3 heterocycles. The molecular formula is C31H32N4O. The molecule has 6 rings (SSSR count). The fourth-order valence-electron chi connectivity index (χ4n) is 5.51. The number of amides is 1. The van der Waals surface area contributed by atoms with Crippen molar-refractivity contribution in [3.05, 3.63) is 95.2 Å². The Kier molecular flexibility index (Phi) is 6.06. The van der Waals surface area contributed by atoms with E-state index in [1.165, 1.54) is 33.5 Å². The Morgan fingerprint density at radius 2 is 1.89 bits per heavy atom. The van der Waals surface area contributed by atoms with Crippen molar-refractivity contribution in [2.24, 2.45) is 4.99 Å². The highest BCUT2D eigenvalue weighted by Gasteiger charge is 2.26. The zero-order chi connectivity index (χ0) is 24.5. The van der Waals surface area contributed by atoms with E-state index < -0.39 is 0 Å². The fraction of sp³-hybridized carbons (Fsp3) is 0.290. The number of hydrogen-bond donors (Lipinski definition) is 1. The molecule has 5 heteroatoms. The molecule has 3 aliphatic heterocycles. The lowest BCUT2D eigenvalue weighted by Crippen LogP contribution is -2.36. The van der Waals surface area contributed by atoms with Gasteiger partial charge in [0.05, 0.1) is 0 Å². The minimum absolute atomic E-state index is 0.109. The van der Waals surface area contributed by atoms with E-state index in [1.807, 2.05) is 29.4 Å². The predicted molar refractivity (Wildman–Crippen MR) is 148 cm³/mol. The molecule has 0 aliphatic carbocycles. The summed E-state index contributed by atoms with van der Waals surface area (Å²) in [5, 5.41) is 3.54. The van der Waals surface area contributed by atoms with Crippen molar-refractivity contribution in [3.8, 4) is 11.1 Å². The highest BCUT2D eigenvalue weighted by molar-refractivity contribution is 5.95. The van der Waals surface area contributed by atoms with E-state index in [2.05, 4.69) is 76.7 Å². The zero-order valence-corrected chi connectivity index (χ0v) is 20.8. The zero-order valence-electron chi connectivity index (χ0n) is 20.8. The number of carbonyl (C=O) groups excluding carboxylic acids is 1. The van der Waals surface area contributed by atoms with Gasteiger partial charge in [-0.15, -0.1) is 0 Å². The topological polar surface area (TPSA) is 47.9 Å². The lowest BCUT2D eigenvalue weighted by atomic mass is 9.96. The van der Waals surface area contributed by atoms with Gasteiger partial charge >= 0.3 is 0 Å². The summed E-state index contributed by atoms with van der Waals surface area (Å²) in [5.41, 5.74) is 9.28.